The number of halogens is 1. The average molecular weight is 465 g/mol. The van der Waals surface area contributed by atoms with E-state index in [4.69, 9.17) is 21.1 Å². The first-order valence-corrected chi connectivity index (χ1v) is 10.7. The lowest BCUT2D eigenvalue weighted by atomic mass is 10.2. The first kappa shape index (κ1) is 21.5. The molecule has 0 fully saturated rings. The van der Waals surface area contributed by atoms with E-state index in [1.165, 1.54) is 17.6 Å². The van der Waals surface area contributed by atoms with E-state index < -0.39 is 5.97 Å². The molecule has 0 aliphatic rings. The first-order chi connectivity index (χ1) is 15.5. The summed E-state index contributed by atoms with van der Waals surface area (Å²) in [4.78, 5) is 25.0. The van der Waals surface area contributed by atoms with E-state index in [0.717, 1.165) is 15.6 Å². The quantitative estimate of drug-likeness (QED) is 0.176. The maximum absolute atomic E-state index is 12.5. The molecule has 8 heteroatoms. The van der Waals surface area contributed by atoms with Crippen molar-refractivity contribution in [3.63, 3.8) is 0 Å². The molecule has 0 radical (unpaired) electrons. The second-order valence-electron chi connectivity index (χ2n) is 6.63. The Balaban J connectivity index is 1.36. The van der Waals surface area contributed by atoms with E-state index in [9.17, 15) is 9.59 Å². The lowest BCUT2D eigenvalue weighted by molar-refractivity contribution is 0.0739. The average Bonchev–Trinajstić information content (AvgIpc) is 3.17. The Morgan fingerprint density at radius 2 is 1.66 bits per heavy atom. The summed E-state index contributed by atoms with van der Waals surface area (Å²) in [6.07, 6.45) is 1.50. The Morgan fingerprint density at radius 1 is 0.969 bits per heavy atom. The standard InChI is InChI=1S/C24H17ClN2O4S/c1-30-17-12-8-16(9-13-17)23(28)27-26-14-15-6-10-18(11-7-15)31-24(29)22-21(25)19-4-2-3-5-20(19)32-22/h2-14H,1H3,(H,27,28)/b26-14-. The number of rotatable bonds is 6. The maximum atomic E-state index is 12.5. The van der Waals surface area contributed by atoms with Gasteiger partial charge in [-0.1, -0.05) is 29.8 Å². The van der Waals surface area contributed by atoms with Crippen molar-refractivity contribution >= 4 is 51.1 Å². The van der Waals surface area contributed by atoms with Gasteiger partial charge in [0.05, 0.1) is 18.3 Å². The summed E-state index contributed by atoms with van der Waals surface area (Å²) >= 11 is 7.63. The summed E-state index contributed by atoms with van der Waals surface area (Å²) in [6.45, 7) is 0. The molecule has 1 N–H and O–H groups in total. The number of hydrogen-bond acceptors (Lipinski definition) is 6. The molecule has 0 saturated carbocycles. The molecule has 0 bridgehead atoms. The molecule has 4 rings (SSSR count). The van der Waals surface area contributed by atoms with Gasteiger partial charge >= 0.3 is 5.97 Å². The van der Waals surface area contributed by atoms with E-state index in [1.54, 1.807) is 55.6 Å². The second-order valence-corrected chi connectivity index (χ2v) is 8.06. The third-order valence-corrected chi connectivity index (χ3v) is 6.20. The SMILES string of the molecule is COc1ccc(C(=O)N/N=C\c2ccc(OC(=O)c3sc4ccccc4c3Cl)cc2)cc1. The second kappa shape index (κ2) is 9.64. The third kappa shape index (κ3) is 4.80. The number of hydrogen-bond donors (Lipinski definition) is 1. The molecule has 0 aliphatic heterocycles. The molecule has 160 valence electrons. The van der Waals surface area contributed by atoms with Crippen LogP contribution in [0.1, 0.15) is 25.6 Å². The number of nitrogens with zero attached hydrogens (tertiary/aromatic N) is 1. The maximum Gasteiger partial charge on any atom is 0.355 e. The van der Waals surface area contributed by atoms with Gasteiger partial charge < -0.3 is 9.47 Å². The third-order valence-electron chi connectivity index (χ3n) is 4.54. The van der Waals surface area contributed by atoms with Gasteiger partial charge in [0.25, 0.3) is 5.91 Å². The summed E-state index contributed by atoms with van der Waals surface area (Å²) in [7, 11) is 1.56. The number of nitrogens with one attached hydrogen (secondary N) is 1. The highest BCUT2D eigenvalue weighted by Gasteiger charge is 2.18. The number of fused-ring (bicyclic) bond motifs is 1. The molecule has 1 aromatic heterocycles. The number of ether oxygens (including phenoxy) is 2. The zero-order valence-electron chi connectivity index (χ0n) is 16.9. The van der Waals surface area contributed by atoms with Gasteiger partial charge in [0, 0.05) is 15.6 Å². The van der Waals surface area contributed by atoms with Gasteiger partial charge in [0.2, 0.25) is 0 Å². The van der Waals surface area contributed by atoms with Crippen molar-refractivity contribution in [2.45, 2.75) is 0 Å². The van der Waals surface area contributed by atoms with Gasteiger partial charge in [-0.3, -0.25) is 4.79 Å². The number of carbonyl (C=O) groups is 2. The normalized spacial score (nSPS) is 10.9. The highest BCUT2D eigenvalue weighted by Crippen LogP contribution is 2.35. The minimum Gasteiger partial charge on any atom is -0.497 e. The largest absolute Gasteiger partial charge is 0.497 e. The molecule has 32 heavy (non-hydrogen) atoms. The molecule has 0 spiro atoms. The summed E-state index contributed by atoms with van der Waals surface area (Å²) < 4.78 is 11.4. The number of carbonyl (C=O) groups excluding carboxylic acids is 2. The van der Waals surface area contributed by atoms with E-state index in [1.807, 2.05) is 24.3 Å². The predicted octanol–water partition coefficient (Wildman–Crippen LogP) is 5.55. The Bertz CT molecular complexity index is 1300. The zero-order valence-corrected chi connectivity index (χ0v) is 18.4. The minimum absolute atomic E-state index is 0.338. The highest BCUT2D eigenvalue weighted by molar-refractivity contribution is 7.21. The number of benzene rings is 3. The first-order valence-electron chi connectivity index (χ1n) is 9.52. The van der Waals surface area contributed by atoms with Crippen molar-refractivity contribution in [1.82, 2.24) is 5.43 Å². The van der Waals surface area contributed by atoms with Crippen molar-refractivity contribution in [2.24, 2.45) is 5.10 Å². The molecule has 4 aromatic rings. The summed E-state index contributed by atoms with van der Waals surface area (Å²) in [5.74, 6) is 0.197. The van der Waals surface area contributed by atoms with Crippen molar-refractivity contribution in [3.8, 4) is 11.5 Å². The van der Waals surface area contributed by atoms with Gasteiger partial charge in [0.1, 0.15) is 16.4 Å². The smallest absolute Gasteiger partial charge is 0.355 e. The van der Waals surface area contributed by atoms with Crippen LogP contribution < -0.4 is 14.9 Å². The van der Waals surface area contributed by atoms with Crippen molar-refractivity contribution in [1.29, 1.82) is 0 Å². The van der Waals surface area contributed by atoms with Crippen LogP contribution in [0, 0.1) is 0 Å². The van der Waals surface area contributed by atoms with Crippen LogP contribution >= 0.6 is 22.9 Å². The van der Waals surface area contributed by atoms with Gasteiger partial charge in [0.15, 0.2) is 0 Å². The molecule has 0 atom stereocenters. The van der Waals surface area contributed by atoms with Gasteiger partial charge in [-0.25, -0.2) is 10.2 Å². The predicted molar refractivity (Wildman–Crippen MR) is 126 cm³/mol. The van der Waals surface area contributed by atoms with Gasteiger partial charge in [-0.2, -0.15) is 5.10 Å². The zero-order chi connectivity index (χ0) is 22.5. The molecule has 3 aromatic carbocycles. The van der Waals surface area contributed by atoms with Crippen LogP contribution in [0.25, 0.3) is 10.1 Å². The fourth-order valence-corrected chi connectivity index (χ4v) is 4.28. The fraction of sp³-hybridized carbons (Fsp3) is 0.0417. The lowest BCUT2D eigenvalue weighted by Crippen LogP contribution is -2.17. The molecule has 1 heterocycles. The Labute approximate surface area is 193 Å². The Morgan fingerprint density at radius 3 is 2.34 bits per heavy atom. The molecular formula is C24H17ClN2O4S. The van der Waals surface area contributed by atoms with E-state index in [2.05, 4.69) is 10.5 Å². The van der Waals surface area contributed by atoms with Crippen LogP contribution in [0.3, 0.4) is 0 Å². The molecule has 0 saturated heterocycles. The van der Waals surface area contributed by atoms with Crippen LogP contribution in [-0.2, 0) is 0 Å². The van der Waals surface area contributed by atoms with Crippen molar-refractivity contribution in [3.05, 3.63) is 93.8 Å². The van der Waals surface area contributed by atoms with Crippen molar-refractivity contribution < 1.29 is 19.1 Å². The minimum atomic E-state index is -0.510. The van der Waals surface area contributed by atoms with Crippen LogP contribution in [0.5, 0.6) is 11.5 Å². The molecular weight excluding hydrogens is 448 g/mol. The van der Waals surface area contributed by atoms with Crippen molar-refractivity contribution in [2.75, 3.05) is 7.11 Å². The van der Waals surface area contributed by atoms with Crippen LogP contribution in [0.2, 0.25) is 5.02 Å². The monoisotopic (exact) mass is 464 g/mol. The molecule has 0 unspecified atom stereocenters. The lowest BCUT2D eigenvalue weighted by Gasteiger charge is -2.04. The number of hydrazone groups is 1. The van der Waals surface area contributed by atoms with Crippen LogP contribution in [0.15, 0.2) is 77.9 Å². The summed E-state index contributed by atoms with van der Waals surface area (Å²) in [5.41, 5.74) is 3.65. The number of thiophene rings is 1. The molecule has 1 amide bonds. The molecule has 0 aliphatic carbocycles. The van der Waals surface area contributed by atoms with Crippen LogP contribution in [-0.4, -0.2) is 25.2 Å². The van der Waals surface area contributed by atoms with Gasteiger partial charge in [-0.05, 0) is 60.2 Å². The number of methoxy groups -OCH3 is 1. The highest BCUT2D eigenvalue weighted by atomic mass is 35.5. The Kier molecular flexibility index (Phi) is 6.49. The van der Waals surface area contributed by atoms with Gasteiger partial charge in [-0.15, -0.1) is 11.3 Å². The number of esters is 1. The van der Waals surface area contributed by atoms with E-state index in [0.29, 0.717) is 27.0 Å². The Hall–Kier alpha value is -3.68. The van der Waals surface area contributed by atoms with E-state index >= 15 is 0 Å². The van der Waals surface area contributed by atoms with E-state index in [-0.39, 0.29) is 5.91 Å². The molecule has 6 nitrogen and oxygen atoms in total. The number of amides is 1. The summed E-state index contributed by atoms with van der Waals surface area (Å²) in [6, 6.07) is 21.0. The summed E-state index contributed by atoms with van der Waals surface area (Å²) in [5, 5.41) is 5.18. The fourth-order valence-electron chi connectivity index (χ4n) is 2.89. The topological polar surface area (TPSA) is 77.0 Å². The van der Waals surface area contributed by atoms with Crippen LogP contribution in [0.4, 0.5) is 0 Å².